The summed E-state index contributed by atoms with van der Waals surface area (Å²) in [5.41, 5.74) is 1.000. The molecule has 0 aliphatic heterocycles. The number of nitrogens with zero attached hydrogens (tertiary/aromatic N) is 1. The van der Waals surface area contributed by atoms with E-state index in [1.165, 1.54) is 18.2 Å². The number of benzene rings is 2. The van der Waals surface area contributed by atoms with Gasteiger partial charge in [-0.2, -0.15) is 4.31 Å². The van der Waals surface area contributed by atoms with Gasteiger partial charge in [-0.15, -0.1) is 0 Å². The summed E-state index contributed by atoms with van der Waals surface area (Å²) in [4.78, 5) is 12.0. The lowest BCUT2D eigenvalue weighted by Gasteiger charge is -2.19. The lowest BCUT2D eigenvalue weighted by Crippen LogP contribution is -2.38. The fourth-order valence-electron chi connectivity index (χ4n) is 2.17. The highest BCUT2D eigenvalue weighted by Crippen LogP contribution is 2.12. The minimum absolute atomic E-state index is 0.0269. The Morgan fingerprint density at radius 3 is 2.33 bits per heavy atom. The highest BCUT2D eigenvalue weighted by Gasteiger charge is 2.20. The molecule has 128 valence electrons. The van der Waals surface area contributed by atoms with Crippen molar-refractivity contribution in [3.8, 4) is 0 Å². The van der Waals surface area contributed by atoms with Crippen molar-refractivity contribution < 1.29 is 17.6 Å². The molecule has 0 fully saturated rings. The topological polar surface area (TPSA) is 66.5 Å². The first-order valence-corrected chi connectivity index (χ1v) is 9.24. The number of carbonyl (C=O) groups is 1. The SMILES string of the molecule is CS(=O)(=O)N(CCc1ccccc1)CC(=O)Nc1ccccc1F. The van der Waals surface area contributed by atoms with Crippen LogP contribution in [0.15, 0.2) is 54.6 Å². The van der Waals surface area contributed by atoms with Crippen LogP contribution in [0.1, 0.15) is 5.56 Å². The minimum Gasteiger partial charge on any atom is -0.322 e. The Bertz CT molecular complexity index is 794. The number of anilines is 1. The summed E-state index contributed by atoms with van der Waals surface area (Å²) in [5.74, 6) is -1.15. The van der Waals surface area contributed by atoms with Gasteiger partial charge in [-0.05, 0) is 24.1 Å². The number of hydrogen-bond donors (Lipinski definition) is 1. The third kappa shape index (κ3) is 5.43. The number of halogens is 1. The fraction of sp³-hybridized carbons (Fsp3) is 0.235. The summed E-state index contributed by atoms with van der Waals surface area (Å²) in [6.07, 6.45) is 1.54. The zero-order valence-corrected chi connectivity index (χ0v) is 14.1. The van der Waals surface area contributed by atoms with E-state index in [1.54, 1.807) is 6.07 Å². The van der Waals surface area contributed by atoms with Gasteiger partial charge in [0.25, 0.3) is 0 Å². The Hall–Kier alpha value is -2.25. The number of hydrogen-bond acceptors (Lipinski definition) is 3. The van der Waals surface area contributed by atoms with Crippen LogP contribution in [0.3, 0.4) is 0 Å². The molecule has 1 N–H and O–H groups in total. The molecule has 2 aromatic carbocycles. The molecule has 0 unspecified atom stereocenters. The van der Waals surface area contributed by atoms with Gasteiger partial charge in [0.15, 0.2) is 0 Å². The molecular weight excluding hydrogens is 331 g/mol. The van der Waals surface area contributed by atoms with Crippen LogP contribution in [0.5, 0.6) is 0 Å². The normalized spacial score (nSPS) is 11.5. The van der Waals surface area contributed by atoms with Crippen molar-refractivity contribution in [2.45, 2.75) is 6.42 Å². The molecule has 2 rings (SSSR count). The second-order valence-corrected chi connectivity index (χ2v) is 7.34. The van der Waals surface area contributed by atoms with Crippen LogP contribution in [0, 0.1) is 5.82 Å². The average Bonchev–Trinajstić information content (AvgIpc) is 2.53. The monoisotopic (exact) mass is 350 g/mol. The van der Waals surface area contributed by atoms with Crippen LogP contribution in [0.25, 0.3) is 0 Å². The summed E-state index contributed by atoms with van der Waals surface area (Å²) >= 11 is 0. The van der Waals surface area contributed by atoms with Gasteiger partial charge in [0, 0.05) is 6.54 Å². The van der Waals surface area contributed by atoms with E-state index in [9.17, 15) is 17.6 Å². The van der Waals surface area contributed by atoms with E-state index in [1.807, 2.05) is 30.3 Å². The Morgan fingerprint density at radius 2 is 1.71 bits per heavy atom. The molecule has 0 aliphatic carbocycles. The highest BCUT2D eigenvalue weighted by atomic mass is 32.2. The molecule has 5 nitrogen and oxygen atoms in total. The third-order valence-corrected chi connectivity index (χ3v) is 4.68. The maximum atomic E-state index is 13.5. The van der Waals surface area contributed by atoms with E-state index in [4.69, 9.17) is 0 Å². The predicted molar refractivity (Wildman–Crippen MR) is 91.6 cm³/mol. The van der Waals surface area contributed by atoms with Gasteiger partial charge in [0.1, 0.15) is 5.82 Å². The molecule has 24 heavy (non-hydrogen) atoms. The first kappa shape index (κ1) is 18.1. The molecule has 0 heterocycles. The third-order valence-electron chi connectivity index (χ3n) is 3.43. The van der Waals surface area contributed by atoms with E-state index >= 15 is 0 Å². The van der Waals surface area contributed by atoms with Crippen molar-refractivity contribution in [1.82, 2.24) is 4.31 Å². The summed E-state index contributed by atoms with van der Waals surface area (Å²) in [5, 5.41) is 2.39. The van der Waals surface area contributed by atoms with Gasteiger partial charge in [0.05, 0.1) is 18.5 Å². The Kier molecular flexibility index (Phi) is 6.05. The highest BCUT2D eigenvalue weighted by molar-refractivity contribution is 7.88. The molecule has 2 aromatic rings. The van der Waals surface area contributed by atoms with E-state index in [0.29, 0.717) is 6.42 Å². The first-order valence-electron chi connectivity index (χ1n) is 7.39. The predicted octanol–water partition coefficient (Wildman–Crippen LogP) is 2.27. The van der Waals surface area contributed by atoms with Crippen LogP contribution in [0.4, 0.5) is 10.1 Å². The molecule has 0 saturated carbocycles. The van der Waals surface area contributed by atoms with Crippen molar-refractivity contribution >= 4 is 21.6 Å². The van der Waals surface area contributed by atoms with Crippen LogP contribution in [0.2, 0.25) is 0 Å². The molecule has 0 bridgehead atoms. The van der Waals surface area contributed by atoms with Gasteiger partial charge < -0.3 is 5.32 Å². The molecular formula is C17H19FN2O3S. The molecule has 1 amide bonds. The van der Waals surface area contributed by atoms with E-state index < -0.39 is 21.7 Å². The first-order chi connectivity index (χ1) is 11.4. The van der Waals surface area contributed by atoms with Crippen LogP contribution in [-0.4, -0.2) is 38.0 Å². The largest absolute Gasteiger partial charge is 0.322 e. The smallest absolute Gasteiger partial charge is 0.239 e. The Labute approximate surface area is 141 Å². The number of para-hydroxylation sites is 1. The maximum absolute atomic E-state index is 13.5. The summed E-state index contributed by atoms with van der Waals surface area (Å²) < 4.78 is 38.4. The maximum Gasteiger partial charge on any atom is 0.239 e. The van der Waals surface area contributed by atoms with Crippen molar-refractivity contribution in [1.29, 1.82) is 0 Å². The molecule has 0 saturated heterocycles. The zero-order valence-electron chi connectivity index (χ0n) is 13.3. The average molecular weight is 350 g/mol. The van der Waals surface area contributed by atoms with Gasteiger partial charge in [-0.1, -0.05) is 42.5 Å². The second kappa shape index (κ2) is 8.03. The van der Waals surface area contributed by atoms with Crippen molar-refractivity contribution in [3.63, 3.8) is 0 Å². The Balaban J connectivity index is 2.01. The van der Waals surface area contributed by atoms with Gasteiger partial charge >= 0.3 is 0 Å². The zero-order chi connectivity index (χ0) is 17.6. The standard InChI is InChI=1S/C17H19FN2O3S/c1-24(22,23)20(12-11-14-7-3-2-4-8-14)13-17(21)19-16-10-6-5-9-15(16)18/h2-10H,11-13H2,1H3,(H,19,21). The lowest BCUT2D eigenvalue weighted by molar-refractivity contribution is -0.116. The minimum atomic E-state index is -3.55. The number of sulfonamides is 1. The number of rotatable bonds is 7. The number of amides is 1. The molecule has 0 aliphatic rings. The fourth-order valence-corrected chi connectivity index (χ4v) is 2.95. The quantitative estimate of drug-likeness (QED) is 0.833. The van der Waals surface area contributed by atoms with Crippen molar-refractivity contribution in [3.05, 3.63) is 66.0 Å². The van der Waals surface area contributed by atoms with Gasteiger partial charge in [0.2, 0.25) is 15.9 Å². The van der Waals surface area contributed by atoms with Crippen LogP contribution < -0.4 is 5.32 Å². The van der Waals surface area contributed by atoms with Crippen molar-refractivity contribution in [2.75, 3.05) is 24.7 Å². The Morgan fingerprint density at radius 1 is 1.08 bits per heavy atom. The van der Waals surface area contributed by atoms with E-state index in [0.717, 1.165) is 16.1 Å². The summed E-state index contributed by atoms with van der Waals surface area (Å²) in [6.45, 7) is -0.187. The molecule has 7 heteroatoms. The lowest BCUT2D eigenvalue weighted by atomic mass is 10.1. The van der Waals surface area contributed by atoms with E-state index in [-0.39, 0.29) is 18.8 Å². The van der Waals surface area contributed by atoms with E-state index in [2.05, 4.69) is 5.32 Å². The van der Waals surface area contributed by atoms with Gasteiger partial charge in [-0.25, -0.2) is 12.8 Å². The van der Waals surface area contributed by atoms with Crippen LogP contribution in [-0.2, 0) is 21.2 Å². The number of carbonyl (C=O) groups excluding carboxylic acids is 1. The molecule has 0 atom stereocenters. The van der Waals surface area contributed by atoms with Gasteiger partial charge in [-0.3, -0.25) is 4.79 Å². The van der Waals surface area contributed by atoms with Crippen LogP contribution >= 0.6 is 0 Å². The summed E-state index contributed by atoms with van der Waals surface area (Å²) in [7, 11) is -3.55. The second-order valence-electron chi connectivity index (χ2n) is 5.36. The molecule has 0 radical (unpaired) electrons. The molecule has 0 spiro atoms. The molecule has 0 aromatic heterocycles. The number of nitrogens with one attached hydrogen (secondary N) is 1. The van der Waals surface area contributed by atoms with Crippen molar-refractivity contribution in [2.24, 2.45) is 0 Å². The summed E-state index contributed by atoms with van der Waals surface area (Å²) in [6, 6.07) is 15.1.